The maximum atomic E-state index is 11.4. The summed E-state index contributed by atoms with van der Waals surface area (Å²) < 4.78 is 4.74. The quantitative estimate of drug-likeness (QED) is 0.401. The molecule has 0 atom stereocenters. The number of nitro groups is 2. The molecule has 4 rings (SSSR count). The van der Waals surface area contributed by atoms with Crippen molar-refractivity contribution in [2.24, 2.45) is 0 Å². The minimum atomic E-state index is -0.488. The third kappa shape index (κ3) is 2.20. The van der Waals surface area contributed by atoms with E-state index in [1.807, 2.05) is 0 Å². The third-order valence-corrected chi connectivity index (χ3v) is 5.07. The van der Waals surface area contributed by atoms with E-state index in [-0.39, 0.29) is 11.4 Å². The van der Waals surface area contributed by atoms with Gasteiger partial charge in [-0.2, -0.15) is 4.37 Å². The third-order valence-electron chi connectivity index (χ3n) is 3.45. The Morgan fingerprint density at radius 3 is 2.58 bits per heavy atom. The standard InChI is InChI=1S/C14H5N4O4S2/c19-17(20)7-1-2-10-12(5-7)24-14(15-10)13-8-6-23-16-9(8)3-4-11(13)18(21)22/h1-5H. The molecule has 117 valence electrons. The second kappa shape index (κ2) is 5.28. The Labute approximate surface area is 141 Å². The Bertz CT molecular complexity index is 1130. The van der Waals surface area contributed by atoms with Crippen LogP contribution < -0.4 is 0 Å². The first-order chi connectivity index (χ1) is 11.5. The molecule has 0 amide bonds. The zero-order chi connectivity index (χ0) is 16.8. The minimum absolute atomic E-state index is 0.0471. The number of fused-ring (bicyclic) bond motifs is 2. The van der Waals surface area contributed by atoms with Crippen molar-refractivity contribution in [1.29, 1.82) is 0 Å². The highest BCUT2D eigenvalue weighted by Crippen LogP contribution is 2.41. The van der Waals surface area contributed by atoms with E-state index in [0.29, 0.717) is 31.7 Å². The summed E-state index contributed by atoms with van der Waals surface area (Å²) in [5, 5.41) is 26.2. The van der Waals surface area contributed by atoms with Crippen molar-refractivity contribution in [2.75, 3.05) is 0 Å². The molecule has 1 radical (unpaired) electrons. The highest BCUT2D eigenvalue weighted by atomic mass is 32.1. The Morgan fingerprint density at radius 2 is 1.83 bits per heavy atom. The van der Waals surface area contributed by atoms with E-state index in [1.165, 1.54) is 35.6 Å². The number of hydrogen-bond acceptors (Lipinski definition) is 8. The van der Waals surface area contributed by atoms with Gasteiger partial charge in [0.1, 0.15) is 5.01 Å². The van der Waals surface area contributed by atoms with Crippen molar-refractivity contribution in [3.63, 3.8) is 0 Å². The Morgan fingerprint density at radius 1 is 1.04 bits per heavy atom. The van der Waals surface area contributed by atoms with E-state index >= 15 is 0 Å². The first-order valence-corrected chi connectivity index (χ1v) is 8.13. The lowest BCUT2D eigenvalue weighted by Crippen LogP contribution is -1.92. The average Bonchev–Trinajstić information content (AvgIpc) is 3.18. The number of nitro benzene ring substituents is 2. The molecule has 0 bridgehead atoms. The van der Waals surface area contributed by atoms with Gasteiger partial charge in [-0.05, 0) is 23.7 Å². The molecule has 2 aromatic carbocycles. The molecular formula is C14H5N4O4S2. The summed E-state index contributed by atoms with van der Waals surface area (Å²) in [7, 11) is 0. The van der Waals surface area contributed by atoms with E-state index < -0.39 is 9.85 Å². The molecule has 0 aliphatic carbocycles. The van der Waals surface area contributed by atoms with E-state index in [9.17, 15) is 20.2 Å². The molecule has 0 saturated carbocycles. The molecule has 2 heterocycles. The zero-order valence-corrected chi connectivity index (χ0v) is 13.3. The summed E-state index contributed by atoms with van der Waals surface area (Å²) in [5.41, 5.74) is 1.36. The summed E-state index contributed by atoms with van der Waals surface area (Å²) in [6.45, 7) is 0. The number of nitrogens with zero attached hydrogens (tertiary/aromatic N) is 4. The lowest BCUT2D eigenvalue weighted by Gasteiger charge is -2.00. The van der Waals surface area contributed by atoms with E-state index in [4.69, 9.17) is 0 Å². The summed E-state index contributed by atoms with van der Waals surface area (Å²) in [4.78, 5) is 25.7. The molecule has 4 aromatic rings. The van der Waals surface area contributed by atoms with Gasteiger partial charge in [-0.15, -0.1) is 11.3 Å². The van der Waals surface area contributed by atoms with Crippen LogP contribution >= 0.6 is 22.9 Å². The van der Waals surface area contributed by atoms with Gasteiger partial charge < -0.3 is 0 Å². The van der Waals surface area contributed by atoms with Crippen molar-refractivity contribution in [3.05, 3.63) is 55.9 Å². The van der Waals surface area contributed by atoms with Crippen LogP contribution in [0.1, 0.15) is 0 Å². The average molecular weight is 357 g/mol. The number of aromatic nitrogens is 2. The molecule has 0 unspecified atom stereocenters. The van der Waals surface area contributed by atoms with Crippen LogP contribution in [0.5, 0.6) is 0 Å². The van der Waals surface area contributed by atoms with Gasteiger partial charge in [0.15, 0.2) is 0 Å². The molecule has 0 saturated heterocycles. The summed E-state index contributed by atoms with van der Waals surface area (Å²) >= 11 is 2.25. The molecule has 2 aromatic heterocycles. The summed E-state index contributed by atoms with van der Waals surface area (Å²) in [5.74, 6) is 0. The predicted octanol–water partition coefficient (Wildman–Crippen LogP) is 4.19. The summed E-state index contributed by atoms with van der Waals surface area (Å²) in [6, 6.07) is 7.27. The minimum Gasteiger partial charge on any atom is -0.258 e. The first kappa shape index (κ1) is 14.6. The van der Waals surface area contributed by atoms with Crippen molar-refractivity contribution < 1.29 is 9.85 Å². The lowest BCUT2D eigenvalue weighted by atomic mass is 10.1. The number of thiazole rings is 1. The number of benzene rings is 2. The topological polar surface area (TPSA) is 112 Å². The highest BCUT2D eigenvalue weighted by molar-refractivity contribution is 7.21. The second-order valence-electron chi connectivity index (χ2n) is 4.82. The normalized spacial score (nSPS) is 11.2. The highest BCUT2D eigenvalue weighted by Gasteiger charge is 2.23. The van der Waals surface area contributed by atoms with Crippen LogP contribution in [-0.2, 0) is 0 Å². The molecule has 8 nitrogen and oxygen atoms in total. The Balaban J connectivity index is 2.01. The number of hydrogen-bond donors (Lipinski definition) is 0. The fourth-order valence-corrected chi connectivity index (χ4v) is 4.03. The van der Waals surface area contributed by atoms with Crippen molar-refractivity contribution in [2.45, 2.75) is 0 Å². The molecule has 0 spiro atoms. The van der Waals surface area contributed by atoms with Gasteiger partial charge in [0.2, 0.25) is 0 Å². The lowest BCUT2D eigenvalue weighted by molar-refractivity contribution is -0.384. The fourth-order valence-electron chi connectivity index (χ4n) is 2.38. The molecule has 10 heteroatoms. The van der Waals surface area contributed by atoms with Crippen molar-refractivity contribution in [1.82, 2.24) is 9.36 Å². The van der Waals surface area contributed by atoms with Gasteiger partial charge in [-0.1, -0.05) is 0 Å². The number of rotatable bonds is 3. The monoisotopic (exact) mass is 357 g/mol. The van der Waals surface area contributed by atoms with Gasteiger partial charge in [-0.3, -0.25) is 20.2 Å². The maximum absolute atomic E-state index is 11.4. The second-order valence-corrected chi connectivity index (χ2v) is 6.42. The van der Waals surface area contributed by atoms with Crippen LogP contribution in [0.15, 0.2) is 30.3 Å². The molecular weight excluding hydrogens is 352 g/mol. The van der Waals surface area contributed by atoms with E-state index in [1.54, 1.807) is 6.07 Å². The molecule has 0 N–H and O–H groups in total. The fraction of sp³-hybridized carbons (Fsp3) is 0. The van der Waals surface area contributed by atoms with Crippen molar-refractivity contribution in [3.8, 4) is 10.6 Å². The zero-order valence-electron chi connectivity index (χ0n) is 11.6. The van der Waals surface area contributed by atoms with Crippen LogP contribution in [0.2, 0.25) is 0 Å². The SMILES string of the molecule is O=[N+]([O-])c1ccc2nc(-c3c([N+](=O)[O-])ccc4ns[c]c34)sc2c1. The Hall–Kier alpha value is -2.98. The van der Waals surface area contributed by atoms with E-state index in [2.05, 4.69) is 14.7 Å². The molecule has 0 aliphatic rings. The largest absolute Gasteiger partial charge is 0.280 e. The van der Waals surface area contributed by atoms with Crippen LogP contribution in [0, 0.1) is 25.6 Å². The summed E-state index contributed by atoms with van der Waals surface area (Å²) in [6.07, 6.45) is 0. The van der Waals surface area contributed by atoms with Crippen LogP contribution in [-0.4, -0.2) is 19.2 Å². The number of non-ortho nitro benzene ring substituents is 1. The van der Waals surface area contributed by atoms with Crippen LogP contribution in [0.25, 0.3) is 31.7 Å². The van der Waals surface area contributed by atoms with E-state index in [0.717, 1.165) is 11.5 Å². The predicted molar refractivity (Wildman–Crippen MR) is 90.4 cm³/mol. The Kier molecular flexibility index (Phi) is 3.22. The van der Waals surface area contributed by atoms with Crippen LogP contribution in [0.3, 0.4) is 0 Å². The van der Waals surface area contributed by atoms with Gasteiger partial charge in [0.05, 0.1) is 36.5 Å². The smallest absolute Gasteiger partial charge is 0.258 e. The first-order valence-electron chi connectivity index (χ1n) is 6.54. The molecule has 24 heavy (non-hydrogen) atoms. The van der Waals surface area contributed by atoms with Gasteiger partial charge in [0.25, 0.3) is 11.4 Å². The molecule has 0 fully saturated rings. The van der Waals surface area contributed by atoms with Gasteiger partial charge >= 0.3 is 0 Å². The van der Waals surface area contributed by atoms with Gasteiger partial charge in [0, 0.05) is 23.6 Å². The van der Waals surface area contributed by atoms with Crippen LogP contribution in [0.4, 0.5) is 11.4 Å². The molecule has 0 aliphatic heterocycles. The maximum Gasteiger partial charge on any atom is 0.280 e. The van der Waals surface area contributed by atoms with Crippen molar-refractivity contribution >= 4 is 55.4 Å². The van der Waals surface area contributed by atoms with Gasteiger partial charge in [-0.25, -0.2) is 4.98 Å².